The van der Waals surface area contributed by atoms with Crippen molar-refractivity contribution in [2.45, 2.75) is 43.2 Å². The molecule has 1 fully saturated rings. The number of likely N-dealkylation sites (N-methyl/N-ethyl adjacent to an activating group) is 1. The van der Waals surface area contributed by atoms with E-state index in [1.807, 2.05) is 6.92 Å². The molecule has 0 radical (unpaired) electrons. The van der Waals surface area contributed by atoms with Gasteiger partial charge in [-0.1, -0.05) is 6.07 Å². The standard InChI is InChI=1S/C21H23N3O6S2/c1-12-10-13-11-14(23-32(27,28)16-6-5-9-31-16)7-8-15(13)22-18(24(12)4)17-19(25)29-21(2,3)30-20(17)26/h5-9,11-12,22-23H,10H2,1-4H3. The SMILES string of the molecule is CC1Cc2cc(NS(=O)(=O)c3cccs3)ccc2NC(=C2C(=O)OC(C)(C)OC2=O)N1C. The number of benzene rings is 1. The van der Waals surface area contributed by atoms with Crippen LogP contribution in [0.5, 0.6) is 0 Å². The van der Waals surface area contributed by atoms with Crippen LogP contribution >= 0.6 is 11.3 Å². The summed E-state index contributed by atoms with van der Waals surface area (Å²) in [7, 11) is -1.92. The molecule has 2 aliphatic rings. The summed E-state index contributed by atoms with van der Waals surface area (Å²) in [6.07, 6.45) is 0.541. The molecule has 0 amide bonds. The molecule has 2 N–H and O–H groups in total. The molecule has 32 heavy (non-hydrogen) atoms. The second kappa shape index (κ2) is 7.82. The van der Waals surface area contributed by atoms with Crippen LogP contribution in [0.3, 0.4) is 0 Å². The zero-order valence-corrected chi connectivity index (χ0v) is 19.6. The highest BCUT2D eigenvalue weighted by molar-refractivity contribution is 7.94. The van der Waals surface area contributed by atoms with E-state index in [0.717, 1.165) is 16.9 Å². The van der Waals surface area contributed by atoms with Crippen molar-refractivity contribution in [3.8, 4) is 0 Å². The van der Waals surface area contributed by atoms with E-state index < -0.39 is 27.7 Å². The molecule has 0 saturated carbocycles. The lowest BCUT2D eigenvalue weighted by atomic mass is 10.0. The number of hydrogen-bond donors (Lipinski definition) is 2. The van der Waals surface area contributed by atoms with E-state index in [4.69, 9.17) is 9.47 Å². The van der Waals surface area contributed by atoms with Crippen molar-refractivity contribution in [2.75, 3.05) is 17.1 Å². The van der Waals surface area contributed by atoms with Crippen molar-refractivity contribution in [1.82, 2.24) is 4.90 Å². The number of carbonyl (C=O) groups is 2. The number of esters is 2. The van der Waals surface area contributed by atoms with Gasteiger partial charge in [-0.05, 0) is 48.6 Å². The quantitative estimate of drug-likeness (QED) is 0.394. The maximum atomic E-state index is 12.6. The van der Waals surface area contributed by atoms with E-state index in [1.54, 1.807) is 41.6 Å². The second-order valence-electron chi connectivity index (χ2n) is 8.10. The third-order valence-electron chi connectivity index (χ3n) is 5.22. The molecule has 1 unspecified atom stereocenters. The Morgan fingerprint density at radius 1 is 1.19 bits per heavy atom. The van der Waals surface area contributed by atoms with Crippen molar-refractivity contribution >= 4 is 44.7 Å². The van der Waals surface area contributed by atoms with Gasteiger partial charge < -0.3 is 19.7 Å². The number of cyclic esters (lactones) is 2. The van der Waals surface area contributed by atoms with Crippen molar-refractivity contribution in [2.24, 2.45) is 0 Å². The first kappa shape index (κ1) is 22.2. The molecule has 1 atom stereocenters. The van der Waals surface area contributed by atoms with Crippen LogP contribution in [0.1, 0.15) is 26.3 Å². The van der Waals surface area contributed by atoms with Gasteiger partial charge in [-0.25, -0.2) is 18.0 Å². The lowest BCUT2D eigenvalue weighted by molar-refractivity contribution is -0.222. The van der Waals surface area contributed by atoms with Crippen LogP contribution in [-0.2, 0) is 35.5 Å². The van der Waals surface area contributed by atoms with Crippen molar-refractivity contribution in [1.29, 1.82) is 0 Å². The van der Waals surface area contributed by atoms with Gasteiger partial charge in [0, 0.05) is 38.3 Å². The highest BCUT2D eigenvalue weighted by Gasteiger charge is 2.42. The summed E-state index contributed by atoms with van der Waals surface area (Å²) in [5.41, 5.74) is 1.68. The van der Waals surface area contributed by atoms with Gasteiger partial charge in [-0.3, -0.25) is 4.72 Å². The smallest absolute Gasteiger partial charge is 0.352 e. The van der Waals surface area contributed by atoms with E-state index in [1.165, 1.54) is 19.9 Å². The number of carbonyl (C=O) groups excluding carboxylic acids is 2. The fourth-order valence-electron chi connectivity index (χ4n) is 3.55. The number of fused-ring (bicyclic) bond motifs is 1. The highest BCUT2D eigenvalue weighted by atomic mass is 32.2. The molecule has 0 aliphatic carbocycles. The summed E-state index contributed by atoms with van der Waals surface area (Å²) in [4.78, 5) is 27.0. The number of anilines is 2. The predicted molar refractivity (Wildman–Crippen MR) is 119 cm³/mol. The molecule has 9 nitrogen and oxygen atoms in total. The summed E-state index contributed by atoms with van der Waals surface area (Å²) < 4.78 is 38.4. The number of thiophene rings is 1. The van der Waals surface area contributed by atoms with E-state index >= 15 is 0 Å². The lowest BCUT2D eigenvalue weighted by Crippen LogP contribution is -2.45. The second-order valence-corrected chi connectivity index (χ2v) is 11.0. The summed E-state index contributed by atoms with van der Waals surface area (Å²) >= 11 is 1.14. The Balaban J connectivity index is 1.69. The molecule has 11 heteroatoms. The van der Waals surface area contributed by atoms with Gasteiger partial charge >= 0.3 is 11.9 Å². The van der Waals surface area contributed by atoms with E-state index in [-0.39, 0.29) is 21.6 Å². The molecular formula is C21H23N3O6S2. The van der Waals surface area contributed by atoms with Crippen LogP contribution < -0.4 is 10.0 Å². The molecule has 170 valence electrons. The minimum Gasteiger partial charge on any atom is -0.419 e. The summed E-state index contributed by atoms with van der Waals surface area (Å²) in [6, 6.07) is 8.16. The Morgan fingerprint density at radius 3 is 2.50 bits per heavy atom. The van der Waals surface area contributed by atoms with Gasteiger partial charge in [0.15, 0.2) is 5.57 Å². The Bertz CT molecular complexity index is 1200. The largest absolute Gasteiger partial charge is 0.419 e. The first-order valence-corrected chi connectivity index (χ1v) is 12.2. The van der Waals surface area contributed by atoms with Gasteiger partial charge in [0.1, 0.15) is 10.0 Å². The Hall–Kier alpha value is -3.05. The minimum atomic E-state index is -3.68. The molecule has 1 saturated heterocycles. The first-order chi connectivity index (χ1) is 15.0. The molecule has 4 rings (SSSR count). The molecule has 2 aromatic rings. The van der Waals surface area contributed by atoms with Crippen LogP contribution in [0.25, 0.3) is 0 Å². The summed E-state index contributed by atoms with van der Waals surface area (Å²) in [6.45, 7) is 4.92. The van der Waals surface area contributed by atoms with Crippen LogP contribution in [0, 0.1) is 0 Å². The fraction of sp³-hybridized carbons (Fsp3) is 0.333. The van der Waals surface area contributed by atoms with Crippen LogP contribution in [0.15, 0.2) is 51.3 Å². The number of nitrogens with zero attached hydrogens (tertiary/aromatic N) is 1. The van der Waals surface area contributed by atoms with Gasteiger partial charge in [-0.15, -0.1) is 11.3 Å². The zero-order chi connectivity index (χ0) is 23.3. The molecular weight excluding hydrogens is 454 g/mol. The third-order valence-corrected chi connectivity index (χ3v) is 8.00. The van der Waals surface area contributed by atoms with Gasteiger partial charge in [0.2, 0.25) is 0 Å². The number of ether oxygens (including phenoxy) is 2. The van der Waals surface area contributed by atoms with Crippen molar-refractivity contribution in [3.05, 3.63) is 52.7 Å². The normalized spacial score (nSPS) is 20.6. The van der Waals surface area contributed by atoms with Gasteiger partial charge in [0.25, 0.3) is 15.8 Å². The number of rotatable bonds is 3. The zero-order valence-electron chi connectivity index (χ0n) is 18.0. The highest BCUT2D eigenvalue weighted by Crippen LogP contribution is 2.33. The van der Waals surface area contributed by atoms with Crippen molar-refractivity contribution < 1.29 is 27.5 Å². The lowest BCUT2D eigenvalue weighted by Gasteiger charge is -2.33. The average Bonchev–Trinajstić information content (AvgIpc) is 3.19. The Kier molecular flexibility index (Phi) is 5.41. The number of hydrogen-bond acceptors (Lipinski definition) is 9. The molecule has 3 heterocycles. The Morgan fingerprint density at radius 2 is 1.88 bits per heavy atom. The van der Waals surface area contributed by atoms with Crippen LogP contribution in [0.2, 0.25) is 0 Å². The van der Waals surface area contributed by atoms with Gasteiger partial charge in [0.05, 0.1) is 0 Å². The number of sulfonamides is 1. The topological polar surface area (TPSA) is 114 Å². The van der Waals surface area contributed by atoms with Crippen LogP contribution in [0.4, 0.5) is 11.4 Å². The molecule has 1 aromatic heterocycles. The predicted octanol–water partition coefficient (Wildman–Crippen LogP) is 2.88. The summed E-state index contributed by atoms with van der Waals surface area (Å²) in [5.74, 6) is -2.60. The maximum absolute atomic E-state index is 12.6. The molecule has 2 aliphatic heterocycles. The average molecular weight is 478 g/mol. The fourth-order valence-corrected chi connectivity index (χ4v) is 5.59. The van der Waals surface area contributed by atoms with Crippen LogP contribution in [-0.4, -0.2) is 44.1 Å². The Labute approximate surface area is 190 Å². The van der Waals surface area contributed by atoms with E-state index in [2.05, 4.69) is 10.0 Å². The van der Waals surface area contributed by atoms with Crippen molar-refractivity contribution in [3.63, 3.8) is 0 Å². The van der Waals surface area contributed by atoms with E-state index in [0.29, 0.717) is 17.8 Å². The first-order valence-electron chi connectivity index (χ1n) is 9.87. The monoisotopic (exact) mass is 477 g/mol. The molecule has 0 spiro atoms. The summed E-state index contributed by atoms with van der Waals surface area (Å²) in [5, 5.41) is 4.84. The third kappa shape index (κ3) is 4.17. The molecule has 0 bridgehead atoms. The molecule has 1 aromatic carbocycles. The maximum Gasteiger partial charge on any atom is 0.352 e. The van der Waals surface area contributed by atoms with E-state index in [9.17, 15) is 18.0 Å². The van der Waals surface area contributed by atoms with Gasteiger partial charge in [-0.2, -0.15) is 0 Å². The minimum absolute atomic E-state index is 0.120. The number of nitrogens with one attached hydrogen (secondary N) is 2.